The zero-order chi connectivity index (χ0) is 12.0. The lowest BCUT2D eigenvalue weighted by molar-refractivity contribution is -0.122. The molecule has 0 radical (unpaired) electrons. The molecule has 3 nitrogen and oxygen atoms in total. The molecule has 1 amide bonds. The number of rotatable bonds is 3. The molecule has 2 aliphatic rings. The number of amides is 1. The third kappa shape index (κ3) is 1.86. The predicted molar refractivity (Wildman–Crippen MR) is 65.1 cm³/mol. The van der Waals surface area contributed by atoms with E-state index in [1.54, 1.807) is 0 Å². The maximum atomic E-state index is 11.9. The molecule has 0 aromatic heterocycles. The Morgan fingerprint density at radius 1 is 1.31 bits per heavy atom. The highest BCUT2D eigenvalue weighted by molar-refractivity contribution is 5.77. The first-order chi connectivity index (χ1) is 7.35. The molecule has 2 rings (SSSR count). The van der Waals surface area contributed by atoms with E-state index in [0.29, 0.717) is 18.4 Å². The van der Waals surface area contributed by atoms with Crippen molar-refractivity contribution in [1.82, 2.24) is 10.6 Å². The monoisotopic (exact) mass is 224 g/mol. The minimum atomic E-state index is 0.234. The van der Waals surface area contributed by atoms with Gasteiger partial charge >= 0.3 is 0 Å². The van der Waals surface area contributed by atoms with Crippen LogP contribution in [0, 0.1) is 16.7 Å². The molecule has 1 aliphatic carbocycles. The van der Waals surface area contributed by atoms with Gasteiger partial charge in [0.05, 0.1) is 0 Å². The van der Waals surface area contributed by atoms with E-state index in [9.17, 15) is 4.79 Å². The zero-order valence-corrected chi connectivity index (χ0v) is 10.9. The summed E-state index contributed by atoms with van der Waals surface area (Å²) in [5, 5.41) is 6.49. The van der Waals surface area contributed by atoms with Crippen LogP contribution in [0.5, 0.6) is 0 Å². The van der Waals surface area contributed by atoms with E-state index in [0.717, 1.165) is 19.5 Å². The lowest BCUT2D eigenvalue weighted by Gasteiger charge is -2.10. The van der Waals surface area contributed by atoms with Gasteiger partial charge in [-0.05, 0) is 36.3 Å². The summed E-state index contributed by atoms with van der Waals surface area (Å²) in [7, 11) is 0. The van der Waals surface area contributed by atoms with Crippen molar-refractivity contribution in [3.8, 4) is 0 Å². The Hall–Kier alpha value is -0.570. The fraction of sp³-hybridized carbons (Fsp3) is 0.923. The molecule has 0 bridgehead atoms. The van der Waals surface area contributed by atoms with Gasteiger partial charge < -0.3 is 10.6 Å². The van der Waals surface area contributed by atoms with E-state index in [1.807, 2.05) is 0 Å². The summed E-state index contributed by atoms with van der Waals surface area (Å²) >= 11 is 0. The minimum Gasteiger partial charge on any atom is -0.352 e. The molecule has 0 spiro atoms. The highest BCUT2D eigenvalue weighted by atomic mass is 16.1. The van der Waals surface area contributed by atoms with Crippen molar-refractivity contribution in [1.29, 1.82) is 0 Å². The topological polar surface area (TPSA) is 41.1 Å². The number of carbonyl (C=O) groups is 1. The molecule has 0 aromatic carbocycles. The van der Waals surface area contributed by atoms with Crippen LogP contribution < -0.4 is 10.6 Å². The van der Waals surface area contributed by atoms with E-state index in [1.165, 1.54) is 0 Å². The molecular weight excluding hydrogens is 200 g/mol. The third-order valence-electron chi connectivity index (χ3n) is 4.96. The van der Waals surface area contributed by atoms with E-state index in [2.05, 4.69) is 38.3 Å². The Kier molecular flexibility index (Phi) is 2.77. The Bertz CT molecular complexity index is 276. The average Bonchev–Trinajstić information content (AvgIpc) is 2.63. The quantitative estimate of drug-likeness (QED) is 0.763. The number of hydrogen-bond acceptors (Lipinski definition) is 2. The van der Waals surface area contributed by atoms with Crippen LogP contribution in [0.1, 0.15) is 40.5 Å². The Balaban J connectivity index is 1.80. The van der Waals surface area contributed by atoms with Gasteiger partial charge in [0.15, 0.2) is 0 Å². The lowest BCUT2D eigenvalue weighted by atomic mass is 10.0. The molecule has 2 fully saturated rings. The van der Waals surface area contributed by atoms with Gasteiger partial charge in [0, 0.05) is 12.5 Å². The van der Waals surface area contributed by atoms with E-state index < -0.39 is 0 Å². The average molecular weight is 224 g/mol. The summed E-state index contributed by atoms with van der Waals surface area (Å²) in [4.78, 5) is 11.9. The smallest absolute Gasteiger partial charge is 0.220 e. The van der Waals surface area contributed by atoms with Crippen LogP contribution in [-0.2, 0) is 4.79 Å². The molecule has 1 unspecified atom stereocenters. The number of hydrogen-bond donors (Lipinski definition) is 2. The molecule has 2 N–H and O–H groups in total. The van der Waals surface area contributed by atoms with E-state index in [4.69, 9.17) is 0 Å². The maximum Gasteiger partial charge on any atom is 0.220 e. The van der Waals surface area contributed by atoms with Crippen molar-refractivity contribution in [3.05, 3.63) is 0 Å². The van der Waals surface area contributed by atoms with Crippen LogP contribution in [0.2, 0.25) is 0 Å². The molecule has 92 valence electrons. The van der Waals surface area contributed by atoms with Gasteiger partial charge in [0.2, 0.25) is 5.91 Å². The highest BCUT2D eigenvalue weighted by Gasteiger charge is 2.65. The summed E-state index contributed by atoms with van der Waals surface area (Å²) in [6.45, 7) is 11.0. The molecule has 1 heterocycles. The van der Waals surface area contributed by atoms with Crippen molar-refractivity contribution >= 4 is 5.91 Å². The molecule has 1 saturated carbocycles. The van der Waals surface area contributed by atoms with Gasteiger partial charge in [-0.1, -0.05) is 27.7 Å². The van der Waals surface area contributed by atoms with Crippen LogP contribution in [0.3, 0.4) is 0 Å². The van der Waals surface area contributed by atoms with Crippen molar-refractivity contribution in [3.63, 3.8) is 0 Å². The van der Waals surface area contributed by atoms with Crippen LogP contribution in [0.4, 0.5) is 0 Å². The van der Waals surface area contributed by atoms with Crippen molar-refractivity contribution in [2.45, 2.75) is 46.6 Å². The fourth-order valence-corrected chi connectivity index (χ4v) is 2.93. The standard InChI is InChI=1S/C13H24N2O/c1-12(2)11(13(12,3)4)15-10(16)7-9-5-6-14-8-9/h9,11,14H,5-8H2,1-4H3,(H,15,16). The van der Waals surface area contributed by atoms with Gasteiger partial charge in [-0.15, -0.1) is 0 Å². The Morgan fingerprint density at radius 3 is 2.38 bits per heavy atom. The third-order valence-corrected chi connectivity index (χ3v) is 4.96. The first-order valence-corrected chi connectivity index (χ1v) is 6.36. The normalized spacial score (nSPS) is 31.4. The van der Waals surface area contributed by atoms with Crippen LogP contribution >= 0.6 is 0 Å². The second-order valence-electron chi connectivity index (χ2n) is 6.51. The summed E-state index contributed by atoms with van der Waals surface area (Å²) < 4.78 is 0. The van der Waals surface area contributed by atoms with Crippen molar-refractivity contribution < 1.29 is 4.79 Å². The second kappa shape index (κ2) is 3.73. The highest BCUT2D eigenvalue weighted by Crippen LogP contribution is 2.62. The molecule has 1 atom stereocenters. The van der Waals surface area contributed by atoms with Crippen LogP contribution in [0.15, 0.2) is 0 Å². The van der Waals surface area contributed by atoms with Gasteiger partial charge in [-0.25, -0.2) is 0 Å². The first-order valence-electron chi connectivity index (χ1n) is 6.36. The summed E-state index contributed by atoms with van der Waals surface area (Å²) in [5.41, 5.74) is 0.493. The van der Waals surface area contributed by atoms with E-state index >= 15 is 0 Å². The SMILES string of the molecule is CC1(C)C(NC(=O)CC2CCNC2)C1(C)C. The molecular formula is C13H24N2O. The first kappa shape index (κ1) is 11.9. The largest absolute Gasteiger partial charge is 0.352 e. The number of nitrogens with one attached hydrogen (secondary N) is 2. The molecule has 16 heavy (non-hydrogen) atoms. The summed E-state index contributed by atoms with van der Waals surface area (Å²) in [6, 6.07) is 0.349. The lowest BCUT2D eigenvalue weighted by Crippen LogP contribution is -2.31. The Morgan fingerprint density at radius 2 is 1.94 bits per heavy atom. The van der Waals surface area contributed by atoms with Gasteiger partial charge in [0.1, 0.15) is 0 Å². The fourth-order valence-electron chi connectivity index (χ4n) is 2.93. The van der Waals surface area contributed by atoms with Gasteiger partial charge in [-0.3, -0.25) is 4.79 Å². The molecule has 3 heteroatoms. The second-order valence-corrected chi connectivity index (χ2v) is 6.51. The Labute approximate surface area is 98.4 Å². The summed E-state index contributed by atoms with van der Waals surface area (Å²) in [5.74, 6) is 0.780. The molecule has 1 saturated heterocycles. The van der Waals surface area contributed by atoms with Crippen LogP contribution in [0.25, 0.3) is 0 Å². The summed E-state index contributed by atoms with van der Waals surface area (Å²) in [6.07, 6.45) is 1.83. The van der Waals surface area contributed by atoms with Crippen LogP contribution in [-0.4, -0.2) is 25.0 Å². The van der Waals surface area contributed by atoms with Crippen molar-refractivity contribution in [2.75, 3.05) is 13.1 Å². The van der Waals surface area contributed by atoms with Gasteiger partial charge in [-0.2, -0.15) is 0 Å². The van der Waals surface area contributed by atoms with Gasteiger partial charge in [0.25, 0.3) is 0 Å². The zero-order valence-electron chi connectivity index (χ0n) is 10.9. The molecule has 0 aromatic rings. The van der Waals surface area contributed by atoms with Crippen molar-refractivity contribution in [2.24, 2.45) is 16.7 Å². The maximum absolute atomic E-state index is 11.9. The van der Waals surface area contributed by atoms with E-state index in [-0.39, 0.29) is 16.7 Å². The number of carbonyl (C=O) groups excluding carboxylic acids is 1. The predicted octanol–water partition coefficient (Wildman–Crippen LogP) is 1.54. The molecule has 1 aliphatic heterocycles. The minimum absolute atomic E-state index is 0.234.